The van der Waals surface area contributed by atoms with Gasteiger partial charge in [0.2, 0.25) is 5.95 Å². The topological polar surface area (TPSA) is 47.0 Å². The molecule has 0 aliphatic carbocycles. The van der Waals surface area contributed by atoms with Gasteiger partial charge >= 0.3 is 0 Å². The van der Waals surface area contributed by atoms with E-state index in [0.717, 1.165) is 39.3 Å². The molecule has 0 spiro atoms. The fraction of sp³-hybridized carbons (Fsp3) is 0.0909. The van der Waals surface area contributed by atoms with Crippen molar-refractivity contribution in [1.29, 1.82) is 0 Å². The van der Waals surface area contributed by atoms with E-state index in [1.807, 2.05) is 24.3 Å². The zero-order valence-corrected chi connectivity index (χ0v) is 16.0. The third kappa shape index (κ3) is 3.55. The summed E-state index contributed by atoms with van der Waals surface area (Å²) in [5, 5.41) is 3.39. The molecule has 0 saturated heterocycles. The van der Waals surface area contributed by atoms with Gasteiger partial charge in [-0.15, -0.1) is 0 Å². The van der Waals surface area contributed by atoms with E-state index in [0.29, 0.717) is 5.95 Å². The number of para-hydroxylation sites is 1. The van der Waals surface area contributed by atoms with E-state index in [9.17, 15) is 0 Å². The number of nitrogens with one attached hydrogen (secondary N) is 1. The van der Waals surface area contributed by atoms with Crippen molar-refractivity contribution in [3.05, 3.63) is 77.8 Å². The van der Waals surface area contributed by atoms with Crippen LogP contribution in [0.3, 0.4) is 0 Å². The number of aryl methyl sites for hydroxylation is 1. The van der Waals surface area contributed by atoms with Crippen LogP contribution in [-0.4, -0.2) is 16.5 Å². The Balaban J connectivity index is 2.00. The van der Waals surface area contributed by atoms with E-state index in [-0.39, 0.29) is 0 Å². The summed E-state index contributed by atoms with van der Waals surface area (Å²) in [5.74, 6) is 1.42. The van der Waals surface area contributed by atoms with Gasteiger partial charge in [0, 0.05) is 16.8 Å². The number of aromatic nitrogens is 2. The lowest BCUT2D eigenvalue weighted by Gasteiger charge is -2.19. The molecule has 4 rings (SSSR count). The van der Waals surface area contributed by atoms with Crippen LogP contribution in [0.25, 0.3) is 22.3 Å². The molecule has 0 fully saturated rings. The summed E-state index contributed by atoms with van der Waals surface area (Å²) in [4.78, 5) is 4.29. The summed E-state index contributed by atoms with van der Waals surface area (Å²) in [7, 11) is 1.70. The summed E-state index contributed by atoms with van der Waals surface area (Å²) in [6.45, 7) is 2.10. The first-order chi connectivity index (χ1) is 13.3. The lowest BCUT2D eigenvalue weighted by molar-refractivity contribution is 0.416. The quantitative estimate of drug-likeness (QED) is 0.471. The summed E-state index contributed by atoms with van der Waals surface area (Å²) < 4.78 is 9.96. The van der Waals surface area contributed by atoms with Crippen molar-refractivity contribution >= 4 is 23.2 Å². The minimum Gasteiger partial charge on any atom is -0.496 e. The van der Waals surface area contributed by atoms with E-state index < -0.39 is 0 Å². The van der Waals surface area contributed by atoms with Gasteiger partial charge in [-0.2, -0.15) is 4.37 Å². The molecule has 4 nitrogen and oxygen atoms in total. The monoisotopic (exact) mass is 373 g/mol. The van der Waals surface area contributed by atoms with Gasteiger partial charge in [-0.3, -0.25) is 0 Å². The highest BCUT2D eigenvalue weighted by Gasteiger charge is 2.18. The highest BCUT2D eigenvalue weighted by atomic mass is 32.1. The standard InChI is InChI=1S/C22H19N3OS/c1-15-12-18(16-8-4-3-5-9-16)21(17-10-6-7-11-20(17)26-2)19(13-15)24-22-23-14-27-25-22/h3-14H,1-2H3,(H,24,25). The zero-order chi connectivity index (χ0) is 18.6. The zero-order valence-electron chi connectivity index (χ0n) is 15.1. The first-order valence-electron chi connectivity index (χ1n) is 8.63. The number of methoxy groups -OCH3 is 1. The Bertz CT molecular complexity index is 1050. The molecule has 1 N–H and O–H groups in total. The number of rotatable bonds is 5. The lowest BCUT2D eigenvalue weighted by Crippen LogP contribution is -1.99. The van der Waals surface area contributed by atoms with Crippen LogP contribution in [0.5, 0.6) is 5.75 Å². The molecule has 0 amide bonds. The number of nitrogens with zero attached hydrogens (tertiary/aromatic N) is 2. The van der Waals surface area contributed by atoms with Crippen molar-refractivity contribution in [2.75, 3.05) is 12.4 Å². The predicted molar refractivity (Wildman–Crippen MR) is 112 cm³/mol. The van der Waals surface area contributed by atoms with E-state index >= 15 is 0 Å². The Hall–Kier alpha value is -3.18. The summed E-state index contributed by atoms with van der Waals surface area (Å²) in [6, 6.07) is 22.8. The lowest BCUT2D eigenvalue weighted by atomic mass is 9.91. The van der Waals surface area contributed by atoms with Crippen LogP contribution in [0, 0.1) is 6.92 Å². The molecule has 3 aromatic carbocycles. The predicted octanol–water partition coefficient (Wildman–Crippen LogP) is 5.93. The molecule has 0 radical (unpaired) electrons. The largest absolute Gasteiger partial charge is 0.496 e. The van der Waals surface area contributed by atoms with Gasteiger partial charge in [0.05, 0.1) is 7.11 Å². The maximum absolute atomic E-state index is 5.65. The van der Waals surface area contributed by atoms with Crippen LogP contribution >= 0.6 is 11.5 Å². The maximum atomic E-state index is 5.65. The van der Waals surface area contributed by atoms with Gasteiger partial charge in [0.25, 0.3) is 0 Å². The first-order valence-corrected chi connectivity index (χ1v) is 9.47. The third-order valence-electron chi connectivity index (χ3n) is 4.35. The second kappa shape index (κ2) is 7.60. The Morgan fingerprint density at radius 2 is 1.70 bits per heavy atom. The molecule has 0 saturated carbocycles. The first kappa shape index (κ1) is 17.2. The Morgan fingerprint density at radius 1 is 0.926 bits per heavy atom. The van der Waals surface area contributed by atoms with Crippen molar-refractivity contribution < 1.29 is 4.74 Å². The molecule has 0 bridgehead atoms. The molecular weight excluding hydrogens is 354 g/mol. The van der Waals surface area contributed by atoms with Crippen LogP contribution in [0.1, 0.15) is 5.56 Å². The Kier molecular flexibility index (Phi) is 4.85. The fourth-order valence-electron chi connectivity index (χ4n) is 3.22. The van der Waals surface area contributed by atoms with Crippen molar-refractivity contribution in [2.45, 2.75) is 6.92 Å². The number of anilines is 2. The smallest absolute Gasteiger partial charge is 0.238 e. The van der Waals surface area contributed by atoms with Crippen molar-refractivity contribution in [1.82, 2.24) is 9.36 Å². The molecule has 134 valence electrons. The highest BCUT2D eigenvalue weighted by Crippen LogP contribution is 2.43. The molecule has 1 aromatic heterocycles. The van der Waals surface area contributed by atoms with Crippen molar-refractivity contribution in [3.63, 3.8) is 0 Å². The van der Waals surface area contributed by atoms with Gasteiger partial charge in [-0.25, -0.2) is 4.98 Å². The van der Waals surface area contributed by atoms with E-state index in [4.69, 9.17) is 4.74 Å². The van der Waals surface area contributed by atoms with Crippen LogP contribution in [0.4, 0.5) is 11.6 Å². The normalized spacial score (nSPS) is 10.6. The minimum atomic E-state index is 0.598. The molecule has 0 atom stereocenters. The van der Waals surface area contributed by atoms with Crippen molar-refractivity contribution in [3.8, 4) is 28.0 Å². The Labute approximate surface area is 162 Å². The van der Waals surface area contributed by atoms with Crippen LogP contribution in [0.2, 0.25) is 0 Å². The molecule has 0 aliphatic heterocycles. The molecule has 27 heavy (non-hydrogen) atoms. The Morgan fingerprint density at radius 3 is 2.44 bits per heavy atom. The van der Waals surface area contributed by atoms with Crippen LogP contribution < -0.4 is 10.1 Å². The van der Waals surface area contributed by atoms with Gasteiger partial charge in [-0.1, -0.05) is 54.6 Å². The molecule has 0 unspecified atom stereocenters. The van der Waals surface area contributed by atoms with Crippen molar-refractivity contribution in [2.24, 2.45) is 0 Å². The van der Waals surface area contributed by atoms with Gasteiger partial charge < -0.3 is 10.1 Å². The average Bonchev–Trinajstić information content (AvgIpc) is 3.21. The summed E-state index contributed by atoms with van der Waals surface area (Å²) >= 11 is 1.32. The second-order valence-electron chi connectivity index (χ2n) is 6.18. The van der Waals surface area contributed by atoms with E-state index in [2.05, 4.69) is 64.1 Å². The van der Waals surface area contributed by atoms with Gasteiger partial charge in [0.15, 0.2) is 0 Å². The number of ether oxygens (including phenoxy) is 1. The molecule has 1 heterocycles. The SMILES string of the molecule is COc1ccccc1-c1c(Nc2ncsn2)cc(C)cc1-c1ccccc1. The highest BCUT2D eigenvalue weighted by molar-refractivity contribution is 7.03. The fourth-order valence-corrected chi connectivity index (χ4v) is 3.60. The second-order valence-corrected chi connectivity index (χ2v) is 6.79. The van der Waals surface area contributed by atoms with E-state index in [1.165, 1.54) is 11.5 Å². The summed E-state index contributed by atoms with van der Waals surface area (Å²) in [6.07, 6.45) is 0. The summed E-state index contributed by atoms with van der Waals surface area (Å²) in [5.41, 5.74) is 8.21. The number of benzene rings is 3. The number of hydrogen-bond donors (Lipinski definition) is 1. The van der Waals surface area contributed by atoms with Gasteiger partial charge in [-0.05, 0) is 47.3 Å². The van der Waals surface area contributed by atoms with Crippen LogP contribution in [0.15, 0.2) is 72.2 Å². The number of hydrogen-bond acceptors (Lipinski definition) is 5. The van der Waals surface area contributed by atoms with Crippen LogP contribution in [-0.2, 0) is 0 Å². The molecule has 0 aliphatic rings. The third-order valence-corrected chi connectivity index (χ3v) is 4.83. The minimum absolute atomic E-state index is 0.598. The molecule has 4 aromatic rings. The molecular formula is C22H19N3OS. The van der Waals surface area contributed by atoms with E-state index in [1.54, 1.807) is 12.6 Å². The maximum Gasteiger partial charge on any atom is 0.238 e. The van der Waals surface area contributed by atoms with Gasteiger partial charge in [0.1, 0.15) is 11.3 Å². The average molecular weight is 373 g/mol. The molecule has 5 heteroatoms.